The second kappa shape index (κ2) is 18.7. The van der Waals surface area contributed by atoms with E-state index in [1.807, 2.05) is 0 Å². The van der Waals surface area contributed by atoms with Crippen molar-refractivity contribution in [2.45, 2.75) is 104 Å². The fourth-order valence-electron chi connectivity index (χ4n) is 2.49. The van der Waals surface area contributed by atoms with Crippen molar-refractivity contribution in [2.75, 3.05) is 13.2 Å². The van der Waals surface area contributed by atoms with E-state index in [0.29, 0.717) is 31.1 Å². The maximum atomic E-state index is 11.6. The third-order valence-corrected chi connectivity index (χ3v) is 4.38. The molecule has 0 amide bonds. The summed E-state index contributed by atoms with van der Waals surface area (Å²) in [6, 6.07) is 0. The zero-order valence-corrected chi connectivity index (χ0v) is 16.8. The second-order valence-corrected chi connectivity index (χ2v) is 6.93. The number of unbranched alkanes of at least 4 members (excludes halogenated alkanes) is 10. The lowest BCUT2D eigenvalue weighted by Gasteiger charge is -2.08. The van der Waals surface area contributed by atoms with Crippen molar-refractivity contribution in [3.63, 3.8) is 0 Å². The Hall–Kier alpha value is -0.640. The van der Waals surface area contributed by atoms with Gasteiger partial charge in [0, 0.05) is 6.42 Å². The Kier molecular flexibility index (Phi) is 18.2. The molecule has 0 radical (unpaired) electrons. The first kappa shape index (κ1) is 23.4. The van der Waals surface area contributed by atoms with Crippen LogP contribution in [0, 0.1) is 0 Å². The zero-order chi connectivity index (χ0) is 17.9. The van der Waals surface area contributed by atoms with Gasteiger partial charge in [-0.3, -0.25) is 4.79 Å². The molecule has 0 aromatic rings. The number of carbonyl (C=O) groups is 1. The number of ether oxygens (including phenoxy) is 2. The summed E-state index contributed by atoms with van der Waals surface area (Å²) in [4.78, 5) is 11.6. The first-order chi connectivity index (χ1) is 11.7. The highest BCUT2D eigenvalue weighted by atomic mass is 32.1. The topological polar surface area (TPSA) is 35.5 Å². The zero-order valence-electron chi connectivity index (χ0n) is 15.9. The Labute approximate surface area is 154 Å². The molecule has 0 spiro atoms. The first-order valence-electron chi connectivity index (χ1n) is 10.0. The molecule has 0 aliphatic carbocycles. The van der Waals surface area contributed by atoms with E-state index in [4.69, 9.17) is 21.7 Å². The van der Waals surface area contributed by atoms with Crippen LogP contribution in [0.4, 0.5) is 0 Å². The van der Waals surface area contributed by atoms with E-state index in [0.717, 1.165) is 19.3 Å². The second-order valence-electron chi connectivity index (χ2n) is 6.48. The average Bonchev–Trinajstić information content (AvgIpc) is 2.58. The minimum Gasteiger partial charge on any atom is -0.487 e. The molecule has 0 aliphatic heterocycles. The molecule has 0 unspecified atom stereocenters. The monoisotopic (exact) mass is 358 g/mol. The van der Waals surface area contributed by atoms with Gasteiger partial charge in [-0.1, -0.05) is 78.1 Å². The molecule has 0 N–H and O–H groups in total. The molecule has 0 aromatic carbocycles. The van der Waals surface area contributed by atoms with Gasteiger partial charge in [-0.05, 0) is 25.1 Å². The summed E-state index contributed by atoms with van der Waals surface area (Å²) in [7, 11) is 0. The highest BCUT2D eigenvalue weighted by molar-refractivity contribution is 7.80. The van der Waals surface area contributed by atoms with Crippen LogP contribution in [0.3, 0.4) is 0 Å². The lowest BCUT2D eigenvalue weighted by atomic mass is 10.1. The van der Waals surface area contributed by atoms with Gasteiger partial charge in [-0.2, -0.15) is 0 Å². The van der Waals surface area contributed by atoms with Crippen molar-refractivity contribution in [3.8, 4) is 0 Å². The number of rotatable bonds is 17. The summed E-state index contributed by atoms with van der Waals surface area (Å²) in [5.41, 5.74) is 0. The summed E-state index contributed by atoms with van der Waals surface area (Å²) in [5, 5.41) is 0.542. The fourth-order valence-corrected chi connectivity index (χ4v) is 2.67. The van der Waals surface area contributed by atoms with Crippen LogP contribution < -0.4 is 0 Å². The van der Waals surface area contributed by atoms with Crippen molar-refractivity contribution in [1.29, 1.82) is 0 Å². The van der Waals surface area contributed by atoms with E-state index >= 15 is 0 Å². The van der Waals surface area contributed by atoms with Gasteiger partial charge in [0.05, 0.1) is 19.6 Å². The number of carbonyl (C=O) groups excluding carboxylic acids is 1. The summed E-state index contributed by atoms with van der Waals surface area (Å²) < 4.78 is 10.7. The van der Waals surface area contributed by atoms with E-state index in [2.05, 4.69) is 13.8 Å². The van der Waals surface area contributed by atoms with Crippen molar-refractivity contribution in [3.05, 3.63) is 0 Å². The third-order valence-electron chi connectivity index (χ3n) is 4.06. The molecule has 0 saturated heterocycles. The smallest absolute Gasteiger partial charge is 0.306 e. The first-order valence-corrected chi connectivity index (χ1v) is 10.4. The fraction of sp³-hybridized carbons (Fsp3) is 0.900. The number of hydrogen-bond acceptors (Lipinski definition) is 4. The van der Waals surface area contributed by atoms with Gasteiger partial charge in [0.25, 0.3) is 0 Å². The van der Waals surface area contributed by atoms with Crippen molar-refractivity contribution < 1.29 is 14.3 Å². The minimum absolute atomic E-state index is 0.158. The maximum absolute atomic E-state index is 11.6. The molecule has 24 heavy (non-hydrogen) atoms. The van der Waals surface area contributed by atoms with Crippen molar-refractivity contribution in [2.24, 2.45) is 0 Å². The van der Waals surface area contributed by atoms with Gasteiger partial charge in [-0.25, -0.2) is 0 Å². The van der Waals surface area contributed by atoms with E-state index in [1.165, 1.54) is 57.8 Å². The number of esters is 1. The molecular weight excluding hydrogens is 320 g/mol. The van der Waals surface area contributed by atoms with E-state index < -0.39 is 0 Å². The molecule has 0 saturated carbocycles. The van der Waals surface area contributed by atoms with Crippen LogP contribution in [0.25, 0.3) is 0 Å². The predicted molar refractivity (Wildman–Crippen MR) is 105 cm³/mol. The van der Waals surface area contributed by atoms with Crippen LogP contribution >= 0.6 is 12.2 Å². The molecule has 0 aromatic heterocycles. The molecule has 0 rings (SSSR count). The molecule has 142 valence electrons. The standard InChI is InChI=1S/C20H38O3S/c1-3-5-7-9-11-13-17-22-19(21)15-16-20(24)23-18-14-12-10-8-6-4-2/h3-18H2,1-2H3. The normalized spacial score (nSPS) is 10.6. The lowest BCUT2D eigenvalue weighted by molar-refractivity contribution is -0.143. The quantitative estimate of drug-likeness (QED) is 0.172. The van der Waals surface area contributed by atoms with E-state index in [-0.39, 0.29) is 5.97 Å². The van der Waals surface area contributed by atoms with Gasteiger partial charge in [0.2, 0.25) is 0 Å². The highest BCUT2D eigenvalue weighted by Gasteiger charge is 2.06. The SMILES string of the molecule is CCCCCCCCOC(=O)CCC(=S)OCCCCCCCC. The van der Waals surface area contributed by atoms with Crippen LogP contribution in [0.1, 0.15) is 104 Å². The van der Waals surface area contributed by atoms with Gasteiger partial charge < -0.3 is 9.47 Å². The molecule has 0 aliphatic rings. The minimum atomic E-state index is -0.158. The van der Waals surface area contributed by atoms with Crippen molar-refractivity contribution >= 4 is 23.2 Å². The molecule has 3 nitrogen and oxygen atoms in total. The molecule has 4 heteroatoms. The summed E-state index contributed by atoms with van der Waals surface area (Å²) in [5.74, 6) is -0.158. The lowest BCUT2D eigenvalue weighted by Crippen LogP contribution is -2.10. The van der Waals surface area contributed by atoms with Crippen LogP contribution in [0.2, 0.25) is 0 Å². The largest absolute Gasteiger partial charge is 0.487 e. The molecule has 0 bridgehead atoms. The number of hydrogen-bond donors (Lipinski definition) is 0. The maximum Gasteiger partial charge on any atom is 0.306 e. The molecule has 0 heterocycles. The van der Waals surface area contributed by atoms with E-state index in [9.17, 15) is 4.79 Å². The van der Waals surface area contributed by atoms with Gasteiger partial charge in [0.15, 0.2) is 5.05 Å². The predicted octanol–water partition coefficient (Wildman–Crippen LogP) is 6.37. The van der Waals surface area contributed by atoms with Crippen LogP contribution in [0.15, 0.2) is 0 Å². The molecule has 0 fully saturated rings. The Morgan fingerprint density at radius 2 is 1.12 bits per heavy atom. The van der Waals surface area contributed by atoms with Crippen LogP contribution in [-0.4, -0.2) is 24.2 Å². The Morgan fingerprint density at radius 1 is 0.667 bits per heavy atom. The van der Waals surface area contributed by atoms with Gasteiger partial charge in [-0.15, -0.1) is 0 Å². The summed E-state index contributed by atoms with van der Waals surface area (Å²) in [6.45, 7) is 5.65. The third kappa shape index (κ3) is 17.7. The summed E-state index contributed by atoms with van der Waals surface area (Å²) in [6.07, 6.45) is 15.5. The van der Waals surface area contributed by atoms with E-state index in [1.54, 1.807) is 0 Å². The van der Waals surface area contributed by atoms with Gasteiger partial charge >= 0.3 is 5.97 Å². The Bertz CT molecular complexity index is 275. The van der Waals surface area contributed by atoms with Crippen LogP contribution in [0.5, 0.6) is 0 Å². The average molecular weight is 359 g/mol. The summed E-state index contributed by atoms with van der Waals surface area (Å²) >= 11 is 5.16. The molecular formula is C20H38O3S. The number of thiocarbonyl (C=S) groups is 1. The van der Waals surface area contributed by atoms with Crippen LogP contribution in [-0.2, 0) is 14.3 Å². The van der Waals surface area contributed by atoms with Crippen molar-refractivity contribution in [1.82, 2.24) is 0 Å². The molecule has 0 atom stereocenters. The van der Waals surface area contributed by atoms with Gasteiger partial charge in [0.1, 0.15) is 0 Å². The Morgan fingerprint density at radius 3 is 1.67 bits per heavy atom. The highest BCUT2D eigenvalue weighted by Crippen LogP contribution is 2.07. The Balaban J connectivity index is 3.34.